The molecule has 1 N–H and O–H groups in total. The van der Waals surface area contributed by atoms with Gasteiger partial charge >= 0.3 is 0 Å². The van der Waals surface area contributed by atoms with Gasteiger partial charge in [0.2, 0.25) is 5.91 Å². The lowest BCUT2D eigenvalue weighted by molar-refractivity contribution is -0.385. The second kappa shape index (κ2) is 9.11. The summed E-state index contributed by atoms with van der Waals surface area (Å²) in [4.78, 5) is 24.4. The highest BCUT2D eigenvalue weighted by Crippen LogP contribution is 2.19. The highest BCUT2D eigenvalue weighted by atomic mass is 16.6. The Morgan fingerprint density at radius 1 is 1.45 bits per heavy atom. The molecule has 0 fully saturated rings. The normalized spacial score (nSPS) is 12.2. The van der Waals surface area contributed by atoms with Gasteiger partial charge in [-0.15, -0.1) is 0 Å². The Kier molecular flexibility index (Phi) is 7.48. The lowest BCUT2D eigenvalue weighted by Gasteiger charge is -2.21. The van der Waals surface area contributed by atoms with Crippen molar-refractivity contribution in [2.45, 2.75) is 26.4 Å². The second-order valence-corrected chi connectivity index (χ2v) is 5.11. The Hall–Kier alpha value is -1.99. The van der Waals surface area contributed by atoms with Gasteiger partial charge < -0.3 is 10.1 Å². The summed E-state index contributed by atoms with van der Waals surface area (Å²) in [5, 5.41) is 13.9. The first kappa shape index (κ1) is 18.1. The molecule has 122 valence electrons. The van der Waals surface area contributed by atoms with E-state index in [0.717, 1.165) is 0 Å². The fourth-order valence-corrected chi connectivity index (χ4v) is 2.16. The van der Waals surface area contributed by atoms with Crippen molar-refractivity contribution in [2.75, 3.05) is 26.8 Å². The van der Waals surface area contributed by atoms with E-state index in [0.29, 0.717) is 25.3 Å². The third kappa shape index (κ3) is 5.79. The number of nitrogens with one attached hydrogen (secondary N) is 1. The van der Waals surface area contributed by atoms with Crippen molar-refractivity contribution >= 4 is 11.6 Å². The monoisotopic (exact) mass is 309 g/mol. The number of likely N-dealkylation sites (N-methyl/N-ethyl adjacent to an activating group) is 1. The zero-order valence-electron chi connectivity index (χ0n) is 13.2. The van der Waals surface area contributed by atoms with Crippen LogP contribution in [0.4, 0.5) is 5.69 Å². The number of hydrogen-bond acceptors (Lipinski definition) is 5. The number of nitrogens with zero attached hydrogens (tertiary/aromatic N) is 2. The highest BCUT2D eigenvalue weighted by molar-refractivity contribution is 5.78. The molecule has 0 aliphatic carbocycles. The molecule has 1 amide bonds. The lowest BCUT2D eigenvalue weighted by atomic mass is 10.1. The van der Waals surface area contributed by atoms with Crippen LogP contribution in [-0.2, 0) is 16.1 Å². The summed E-state index contributed by atoms with van der Waals surface area (Å²) in [5.74, 6) is -0.120. The van der Waals surface area contributed by atoms with Crippen molar-refractivity contribution in [3.63, 3.8) is 0 Å². The smallest absolute Gasteiger partial charge is 0.273 e. The summed E-state index contributed by atoms with van der Waals surface area (Å²) in [6, 6.07) is 6.52. The fourth-order valence-electron chi connectivity index (χ4n) is 2.16. The Balaban J connectivity index is 2.66. The van der Waals surface area contributed by atoms with E-state index in [2.05, 4.69) is 5.32 Å². The maximum absolute atomic E-state index is 12.0. The summed E-state index contributed by atoms with van der Waals surface area (Å²) in [6.45, 7) is 5.40. The predicted octanol–water partition coefficient (Wildman–Crippen LogP) is 1.57. The molecule has 1 atom stereocenters. The number of ether oxygens (including phenoxy) is 1. The summed E-state index contributed by atoms with van der Waals surface area (Å²) >= 11 is 0. The number of amides is 1. The lowest BCUT2D eigenvalue weighted by Crippen LogP contribution is -2.42. The summed E-state index contributed by atoms with van der Waals surface area (Å²) in [5.41, 5.74) is 0.682. The first-order chi connectivity index (χ1) is 10.5. The molecule has 0 bridgehead atoms. The van der Waals surface area contributed by atoms with Crippen molar-refractivity contribution in [3.05, 3.63) is 39.9 Å². The van der Waals surface area contributed by atoms with E-state index in [1.54, 1.807) is 25.3 Å². The molecule has 0 aromatic heterocycles. The number of nitro benzene ring substituents is 1. The number of hydrogen-bond donors (Lipinski definition) is 1. The number of benzene rings is 1. The summed E-state index contributed by atoms with van der Waals surface area (Å²) in [6.07, 6.45) is 0. The fraction of sp³-hybridized carbons (Fsp3) is 0.533. The van der Waals surface area contributed by atoms with Gasteiger partial charge in [-0.25, -0.2) is 0 Å². The molecular weight excluding hydrogens is 286 g/mol. The molecule has 1 unspecified atom stereocenters. The van der Waals surface area contributed by atoms with Crippen LogP contribution in [0.15, 0.2) is 24.3 Å². The molecule has 7 nitrogen and oxygen atoms in total. The van der Waals surface area contributed by atoms with Crippen LogP contribution >= 0.6 is 0 Å². The van der Waals surface area contributed by atoms with Crippen LogP contribution in [0.1, 0.15) is 19.4 Å². The quantitative estimate of drug-likeness (QED) is 0.553. The van der Waals surface area contributed by atoms with Crippen molar-refractivity contribution in [3.8, 4) is 0 Å². The first-order valence-electron chi connectivity index (χ1n) is 7.20. The molecule has 1 rings (SSSR count). The first-order valence-corrected chi connectivity index (χ1v) is 7.20. The van der Waals surface area contributed by atoms with E-state index in [-0.39, 0.29) is 24.2 Å². The van der Waals surface area contributed by atoms with Gasteiger partial charge in [-0.1, -0.05) is 25.1 Å². The van der Waals surface area contributed by atoms with Crippen LogP contribution in [0.25, 0.3) is 0 Å². The third-order valence-corrected chi connectivity index (χ3v) is 3.22. The minimum absolute atomic E-state index is 0.0673. The maximum Gasteiger partial charge on any atom is 0.273 e. The molecule has 0 radical (unpaired) electrons. The van der Waals surface area contributed by atoms with Gasteiger partial charge in [-0.3, -0.25) is 19.8 Å². The van der Waals surface area contributed by atoms with Gasteiger partial charge in [0.05, 0.1) is 18.1 Å². The van der Waals surface area contributed by atoms with Crippen LogP contribution in [0.3, 0.4) is 0 Å². The molecule has 0 aliphatic rings. The largest absolute Gasteiger partial charge is 0.383 e. The van der Waals surface area contributed by atoms with E-state index in [9.17, 15) is 14.9 Å². The second-order valence-electron chi connectivity index (χ2n) is 5.11. The van der Waals surface area contributed by atoms with E-state index >= 15 is 0 Å². The van der Waals surface area contributed by atoms with Crippen LogP contribution in [0, 0.1) is 10.1 Å². The number of carbonyl (C=O) groups is 1. The molecule has 7 heteroatoms. The average molecular weight is 309 g/mol. The van der Waals surface area contributed by atoms with Gasteiger partial charge in [0.25, 0.3) is 5.69 Å². The van der Waals surface area contributed by atoms with Crippen molar-refractivity contribution in [1.82, 2.24) is 10.2 Å². The molecule has 0 spiro atoms. The molecule has 1 aromatic rings. The van der Waals surface area contributed by atoms with Crippen LogP contribution < -0.4 is 5.32 Å². The molecule has 0 saturated heterocycles. The van der Waals surface area contributed by atoms with E-state index in [1.807, 2.05) is 18.7 Å². The van der Waals surface area contributed by atoms with E-state index < -0.39 is 4.92 Å². The van der Waals surface area contributed by atoms with Gasteiger partial charge in [0, 0.05) is 31.3 Å². The highest BCUT2D eigenvalue weighted by Gasteiger charge is 2.17. The Labute approximate surface area is 130 Å². The van der Waals surface area contributed by atoms with Crippen LogP contribution in [0.2, 0.25) is 0 Å². The number of rotatable bonds is 9. The minimum Gasteiger partial charge on any atom is -0.383 e. The zero-order chi connectivity index (χ0) is 16.5. The number of nitro groups is 1. The standard InChI is InChI=1S/C15H23N3O4/c1-4-17(10-15(19)16-12(2)11-22-3)9-13-7-5-6-8-14(13)18(20)21/h5-8,12H,4,9-11H2,1-3H3,(H,16,19). The summed E-state index contributed by atoms with van der Waals surface area (Å²) in [7, 11) is 1.58. The Morgan fingerprint density at radius 3 is 2.73 bits per heavy atom. The SMILES string of the molecule is CCN(CC(=O)NC(C)COC)Cc1ccccc1[N+](=O)[O-]. The molecule has 0 aliphatic heterocycles. The number of para-hydroxylation sites is 1. The molecule has 1 aromatic carbocycles. The van der Waals surface area contributed by atoms with Crippen molar-refractivity contribution in [1.29, 1.82) is 0 Å². The molecule has 22 heavy (non-hydrogen) atoms. The van der Waals surface area contributed by atoms with E-state index in [4.69, 9.17) is 4.74 Å². The average Bonchev–Trinajstić information content (AvgIpc) is 2.46. The molecule has 0 saturated carbocycles. The predicted molar refractivity (Wildman–Crippen MR) is 83.5 cm³/mol. The summed E-state index contributed by atoms with van der Waals surface area (Å²) < 4.78 is 4.97. The third-order valence-electron chi connectivity index (χ3n) is 3.22. The molecule has 0 heterocycles. The van der Waals surface area contributed by atoms with Gasteiger partial charge in [0.1, 0.15) is 0 Å². The Morgan fingerprint density at radius 2 is 2.14 bits per heavy atom. The van der Waals surface area contributed by atoms with Gasteiger partial charge in [0.15, 0.2) is 0 Å². The topological polar surface area (TPSA) is 84.7 Å². The van der Waals surface area contributed by atoms with Crippen molar-refractivity contribution < 1.29 is 14.5 Å². The van der Waals surface area contributed by atoms with Crippen LogP contribution in [-0.4, -0.2) is 48.6 Å². The van der Waals surface area contributed by atoms with Gasteiger partial charge in [-0.05, 0) is 13.5 Å². The Bertz CT molecular complexity index is 507. The van der Waals surface area contributed by atoms with Crippen molar-refractivity contribution in [2.24, 2.45) is 0 Å². The number of methoxy groups -OCH3 is 1. The maximum atomic E-state index is 12.0. The van der Waals surface area contributed by atoms with Gasteiger partial charge in [-0.2, -0.15) is 0 Å². The van der Waals surface area contributed by atoms with Crippen LogP contribution in [0.5, 0.6) is 0 Å². The number of carbonyl (C=O) groups excluding carboxylic acids is 1. The zero-order valence-corrected chi connectivity index (χ0v) is 13.2. The van der Waals surface area contributed by atoms with E-state index in [1.165, 1.54) is 6.07 Å². The minimum atomic E-state index is -0.399. The molecular formula is C15H23N3O4.